The number of hydrogen-bond donors (Lipinski definition) is 1. The van der Waals surface area contributed by atoms with Gasteiger partial charge >= 0.3 is 0 Å². The average molecular weight is 223 g/mol. The summed E-state index contributed by atoms with van der Waals surface area (Å²) >= 11 is 0. The van der Waals surface area contributed by atoms with E-state index < -0.39 is 0 Å². The van der Waals surface area contributed by atoms with E-state index in [0.29, 0.717) is 19.2 Å². The lowest BCUT2D eigenvalue weighted by Gasteiger charge is -2.27. The van der Waals surface area contributed by atoms with Crippen molar-refractivity contribution < 1.29 is 4.74 Å². The molecule has 0 aliphatic carbocycles. The Labute approximate surface area is 97.4 Å². The maximum atomic E-state index is 5.59. The second kappa shape index (κ2) is 6.45. The first-order valence-corrected chi connectivity index (χ1v) is 5.60. The Bertz CT molecular complexity index is 315. The lowest BCUT2D eigenvalue weighted by molar-refractivity contribution is 0.203. The van der Waals surface area contributed by atoms with Crippen LogP contribution in [-0.4, -0.2) is 31.3 Å². The smallest absolute Gasteiger partial charge is 0.129 e. The van der Waals surface area contributed by atoms with Crippen LogP contribution in [0.4, 0.5) is 5.82 Å². The predicted octanol–water partition coefficient (Wildman–Crippen LogP) is 1.40. The van der Waals surface area contributed by atoms with Gasteiger partial charge in [-0.15, -0.1) is 0 Å². The van der Waals surface area contributed by atoms with Crippen LogP contribution >= 0.6 is 0 Å². The normalized spacial score (nSPS) is 10.8. The highest BCUT2D eigenvalue weighted by molar-refractivity contribution is 5.40. The Morgan fingerprint density at radius 1 is 1.44 bits per heavy atom. The minimum Gasteiger partial charge on any atom is -0.383 e. The van der Waals surface area contributed by atoms with Crippen molar-refractivity contribution in [3.05, 3.63) is 23.9 Å². The molecule has 0 saturated heterocycles. The molecule has 16 heavy (non-hydrogen) atoms. The molecule has 0 aliphatic heterocycles. The molecule has 0 unspecified atom stereocenters. The zero-order valence-corrected chi connectivity index (χ0v) is 10.3. The monoisotopic (exact) mass is 223 g/mol. The summed E-state index contributed by atoms with van der Waals surface area (Å²) in [6, 6.07) is 6.34. The van der Waals surface area contributed by atoms with Crippen molar-refractivity contribution in [3.63, 3.8) is 0 Å². The predicted molar refractivity (Wildman–Crippen MR) is 66.5 cm³/mol. The number of pyridine rings is 1. The van der Waals surface area contributed by atoms with E-state index in [-0.39, 0.29) is 0 Å². The Morgan fingerprint density at radius 3 is 2.75 bits per heavy atom. The number of nitrogens with zero attached hydrogens (tertiary/aromatic N) is 2. The molecule has 0 aliphatic rings. The molecule has 4 nitrogen and oxygen atoms in total. The van der Waals surface area contributed by atoms with E-state index in [1.807, 2.05) is 18.2 Å². The number of rotatable bonds is 6. The Balaban J connectivity index is 2.82. The van der Waals surface area contributed by atoms with Crippen molar-refractivity contribution in [2.24, 2.45) is 5.73 Å². The molecule has 0 spiro atoms. The maximum Gasteiger partial charge on any atom is 0.129 e. The van der Waals surface area contributed by atoms with Crippen molar-refractivity contribution >= 4 is 5.82 Å². The van der Waals surface area contributed by atoms with Gasteiger partial charge in [-0.1, -0.05) is 6.07 Å². The molecule has 1 aromatic rings. The summed E-state index contributed by atoms with van der Waals surface area (Å²) in [6.45, 7) is 6.31. The largest absolute Gasteiger partial charge is 0.383 e. The summed E-state index contributed by atoms with van der Waals surface area (Å²) in [6.07, 6.45) is 0. The molecule has 0 aromatic carbocycles. The maximum absolute atomic E-state index is 5.59. The molecular formula is C12H21N3O. The number of aromatic nitrogens is 1. The number of methoxy groups -OCH3 is 1. The molecule has 0 radical (unpaired) electrons. The van der Waals surface area contributed by atoms with Crippen molar-refractivity contribution in [2.75, 3.05) is 25.2 Å². The van der Waals surface area contributed by atoms with Gasteiger partial charge in [-0.3, -0.25) is 0 Å². The fourth-order valence-corrected chi connectivity index (χ4v) is 1.57. The van der Waals surface area contributed by atoms with Crippen LogP contribution < -0.4 is 10.6 Å². The highest BCUT2D eigenvalue weighted by atomic mass is 16.5. The Hall–Kier alpha value is -1.13. The first kappa shape index (κ1) is 12.9. The minimum atomic E-state index is 0.399. The van der Waals surface area contributed by atoms with Crippen molar-refractivity contribution in [2.45, 2.75) is 26.4 Å². The molecule has 4 heteroatoms. The molecule has 90 valence electrons. The third-order valence-corrected chi connectivity index (χ3v) is 2.46. The average Bonchev–Trinajstić information content (AvgIpc) is 2.29. The first-order valence-electron chi connectivity index (χ1n) is 5.60. The van der Waals surface area contributed by atoms with Crippen LogP contribution in [0, 0.1) is 0 Å². The minimum absolute atomic E-state index is 0.399. The van der Waals surface area contributed by atoms with Gasteiger partial charge in [0, 0.05) is 26.2 Å². The van der Waals surface area contributed by atoms with E-state index in [1.54, 1.807) is 7.11 Å². The van der Waals surface area contributed by atoms with Crippen LogP contribution in [0.1, 0.15) is 19.5 Å². The van der Waals surface area contributed by atoms with Crippen LogP contribution in [0.3, 0.4) is 0 Å². The van der Waals surface area contributed by atoms with E-state index in [1.165, 1.54) is 0 Å². The summed E-state index contributed by atoms with van der Waals surface area (Å²) < 4.78 is 5.11. The SMILES string of the molecule is COCCN(c1cccc(CN)n1)C(C)C. The lowest BCUT2D eigenvalue weighted by Crippen LogP contribution is -2.34. The summed E-state index contributed by atoms with van der Waals surface area (Å²) in [5, 5.41) is 0. The topological polar surface area (TPSA) is 51.4 Å². The van der Waals surface area contributed by atoms with Gasteiger partial charge in [0.05, 0.1) is 12.3 Å². The molecule has 1 rings (SSSR count). The fourth-order valence-electron chi connectivity index (χ4n) is 1.57. The van der Waals surface area contributed by atoms with E-state index in [9.17, 15) is 0 Å². The molecule has 0 atom stereocenters. The summed E-state index contributed by atoms with van der Waals surface area (Å²) in [5.74, 6) is 0.968. The van der Waals surface area contributed by atoms with Crippen molar-refractivity contribution in [1.82, 2.24) is 4.98 Å². The summed E-state index contributed by atoms with van der Waals surface area (Å²) in [7, 11) is 1.71. The summed E-state index contributed by atoms with van der Waals surface area (Å²) in [4.78, 5) is 6.72. The molecule has 1 aromatic heterocycles. The van der Waals surface area contributed by atoms with E-state index in [4.69, 9.17) is 10.5 Å². The Kier molecular flexibility index (Phi) is 5.22. The van der Waals surface area contributed by atoms with Gasteiger partial charge in [-0.2, -0.15) is 0 Å². The van der Waals surface area contributed by atoms with Crippen LogP contribution in [0.2, 0.25) is 0 Å². The zero-order chi connectivity index (χ0) is 12.0. The van der Waals surface area contributed by atoms with Crippen molar-refractivity contribution in [3.8, 4) is 0 Å². The third-order valence-electron chi connectivity index (χ3n) is 2.46. The molecule has 0 saturated carbocycles. The molecule has 1 heterocycles. The van der Waals surface area contributed by atoms with Gasteiger partial charge < -0.3 is 15.4 Å². The van der Waals surface area contributed by atoms with Gasteiger partial charge in [-0.05, 0) is 26.0 Å². The van der Waals surface area contributed by atoms with E-state index in [2.05, 4.69) is 23.7 Å². The van der Waals surface area contributed by atoms with Gasteiger partial charge in [0.25, 0.3) is 0 Å². The molecule has 0 fully saturated rings. The zero-order valence-electron chi connectivity index (χ0n) is 10.3. The molecule has 0 bridgehead atoms. The van der Waals surface area contributed by atoms with E-state index >= 15 is 0 Å². The van der Waals surface area contributed by atoms with Crippen LogP contribution in [0.25, 0.3) is 0 Å². The lowest BCUT2D eigenvalue weighted by atomic mass is 10.3. The highest BCUT2D eigenvalue weighted by Crippen LogP contribution is 2.14. The van der Waals surface area contributed by atoms with Gasteiger partial charge in [-0.25, -0.2) is 4.98 Å². The highest BCUT2D eigenvalue weighted by Gasteiger charge is 2.11. The molecular weight excluding hydrogens is 202 g/mol. The number of ether oxygens (including phenoxy) is 1. The van der Waals surface area contributed by atoms with Crippen LogP contribution in [0.5, 0.6) is 0 Å². The number of nitrogens with two attached hydrogens (primary N) is 1. The second-order valence-electron chi connectivity index (χ2n) is 3.97. The van der Waals surface area contributed by atoms with Crippen LogP contribution in [0.15, 0.2) is 18.2 Å². The first-order chi connectivity index (χ1) is 7.69. The quantitative estimate of drug-likeness (QED) is 0.792. The summed E-state index contributed by atoms with van der Waals surface area (Å²) in [5.41, 5.74) is 6.51. The van der Waals surface area contributed by atoms with Gasteiger partial charge in [0.2, 0.25) is 0 Å². The number of hydrogen-bond acceptors (Lipinski definition) is 4. The standard InChI is InChI=1S/C12H21N3O/c1-10(2)15(7-8-16-3)12-6-4-5-11(9-13)14-12/h4-6,10H,7-9,13H2,1-3H3. The fraction of sp³-hybridized carbons (Fsp3) is 0.583. The van der Waals surface area contributed by atoms with E-state index in [0.717, 1.165) is 18.1 Å². The van der Waals surface area contributed by atoms with Gasteiger partial charge in [0.1, 0.15) is 5.82 Å². The van der Waals surface area contributed by atoms with Crippen LogP contribution in [-0.2, 0) is 11.3 Å². The second-order valence-corrected chi connectivity index (χ2v) is 3.97. The number of anilines is 1. The molecule has 0 amide bonds. The van der Waals surface area contributed by atoms with Gasteiger partial charge in [0.15, 0.2) is 0 Å². The Morgan fingerprint density at radius 2 is 2.19 bits per heavy atom. The third kappa shape index (κ3) is 3.47. The van der Waals surface area contributed by atoms with Crippen molar-refractivity contribution in [1.29, 1.82) is 0 Å². The molecule has 2 N–H and O–H groups in total.